The quantitative estimate of drug-likeness (QED) is 0.738. The number of nitrogens with one attached hydrogen (secondary N) is 1. The summed E-state index contributed by atoms with van der Waals surface area (Å²) in [5.41, 5.74) is 1.88. The van der Waals surface area contributed by atoms with Crippen molar-refractivity contribution in [2.75, 3.05) is 24.3 Å². The Hall–Kier alpha value is -1.77. The van der Waals surface area contributed by atoms with E-state index in [1.165, 1.54) is 6.08 Å². The van der Waals surface area contributed by atoms with Crippen LogP contribution in [0.3, 0.4) is 0 Å². The first-order chi connectivity index (χ1) is 6.63. The third-order valence-corrected chi connectivity index (χ3v) is 1.84. The fourth-order valence-electron chi connectivity index (χ4n) is 1.04. The Kier molecular flexibility index (Phi) is 3.29. The van der Waals surface area contributed by atoms with E-state index in [9.17, 15) is 4.79 Å². The molecule has 0 spiro atoms. The highest BCUT2D eigenvalue weighted by Gasteiger charge is 1.97. The van der Waals surface area contributed by atoms with Gasteiger partial charge < -0.3 is 10.2 Å². The maximum atomic E-state index is 11.0. The minimum Gasteiger partial charge on any atom is -0.378 e. The van der Waals surface area contributed by atoms with E-state index in [1.807, 2.05) is 43.3 Å². The van der Waals surface area contributed by atoms with Gasteiger partial charge in [-0.1, -0.05) is 6.58 Å². The highest BCUT2D eigenvalue weighted by Crippen LogP contribution is 2.15. The smallest absolute Gasteiger partial charge is 0.247 e. The van der Waals surface area contributed by atoms with Crippen molar-refractivity contribution in [3.05, 3.63) is 36.9 Å². The van der Waals surface area contributed by atoms with E-state index in [-0.39, 0.29) is 5.91 Å². The van der Waals surface area contributed by atoms with Crippen molar-refractivity contribution >= 4 is 17.3 Å². The van der Waals surface area contributed by atoms with Gasteiger partial charge in [-0.25, -0.2) is 0 Å². The Labute approximate surface area is 84.0 Å². The SMILES string of the molecule is C=CC(=O)Nc1ccc(N(C)C)cc1. The van der Waals surface area contributed by atoms with Gasteiger partial charge >= 0.3 is 0 Å². The van der Waals surface area contributed by atoms with Crippen LogP contribution in [-0.2, 0) is 4.79 Å². The number of carbonyl (C=O) groups is 1. The molecular weight excluding hydrogens is 176 g/mol. The molecule has 0 fully saturated rings. The number of nitrogens with zero attached hydrogens (tertiary/aromatic N) is 1. The minimum atomic E-state index is -0.192. The summed E-state index contributed by atoms with van der Waals surface area (Å²) in [6, 6.07) is 7.60. The molecule has 0 saturated carbocycles. The molecule has 3 heteroatoms. The molecule has 0 aromatic heterocycles. The van der Waals surface area contributed by atoms with Crippen molar-refractivity contribution in [1.82, 2.24) is 0 Å². The third kappa shape index (κ3) is 2.62. The average molecular weight is 190 g/mol. The first-order valence-electron chi connectivity index (χ1n) is 4.34. The molecule has 0 aliphatic rings. The molecule has 0 atom stereocenters. The van der Waals surface area contributed by atoms with Gasteiger partial charge in [0.25, 0.3) is 0 Å². The Morgan fingerprint density at radius 1 is 1.36 bits per heavy atom. The lowest BCUT2D eigenvalue weighted by atomic mass is 10.2. The van der Waals surface area contributed by atoms with Crippen molar-refractivity contribution in [2.45, 2.75) is 0 Å². The number of anilines is 2. The third-order valence-electron chi connectivity index (χ3n) is 1.84. The molecule has 1 N–H and O–H groups in total. The largest absolute Gasteiger partial charge is 0.378 e. The van der Waals surface area contributed by atoms with Gasteiger partial charge in [0.1, 0.15) is 0 Å². The van der Waals surface area contributed by atoms with Gasteiger partial charge in [-0.15, -0.1) is 0 Å². The number of rotatable bonds is 3. The second-order valence-corrected chi connectivity index (χ2v) is 3.13. The first kappa shape index (κ1) is 10.3. The van der Waals surface area contributed by atoms with E-state index in [0.717, 1.165) is 11.4 Å². The van der Waals surface area contributed by atoms with Crippen molar-refractivity contribution in [3.63, 3.8) is 0 Å². The molecular formula is C11H14N2O. The molecule has 0 saturated heterocycles. The Bertz CT molecular complexity index is 328. The number of hydrogen-bond acceptors (Lipinski definition) is 2. The van der Waals surface area contributed by atoms with Gasteiger partial charge in [-0.3, -0.25) is 4.79 Å². The molecule has 14 heavy (non-hydrogen) atoms. The zero-order chi connectivity index (χ0) is 10.6. The van der Waals surface area contributed by atoms with E-state index in [4.69, 9.17) is 0 Å². The topological polar surface area (TPSA) is 32.3 Å². The molecule has 0 heterocycles. The number of amides is 1. The molecule has 1 amide bonds. The monoisotopic (exact) mass is 190 g/mol. The van der Waals surface area contributed by atoms with E-state index >= 15 is 0 Å². The van der Waals surface area contributed by atoms with Gasteiger partial charge in [-0.2, -0.15) is 0 Å². The molecule has 74 valence electrons. The summed E-state index contributed by atoms with van der Waals surface area (Å²) in [5.74, 6) is -0.192. The summed E-state index contributed by atoms with van der Waals surface area (Å²) in [6.07, 6.45) is 1.25. The molecule has 3 nitrogen and oxygen atoms in total. The fourth-order valence-corrected chi connectivity index (χ4v) is 1.04. The van der Waals surface area contributed by atoms with Crippen molar-refractivity contribution in [2.24, 2.45) is 0 Å². The lowest BCUT2D eigenvalue weighted by molar-refractivity contribution is -0.111. The molecule has 1 aromatic carbocycles. The number of hydrogen-bond donors (Lipinski definition) is 1. The van der Waals surface area contributed by atoms with Crippen LogP contribution < -0.4 is 10.2 Å². The van der Waals surface area contributed by atoms with E-state index in [2.05, 4.69) is 11.9 Å². The number of carbonyl (C=O) groups excluding carboxylic acids is 1. The fraction of sp³-hybridized carbons (Fsp3) is 0.182. The normalized spacial score (nSPS) is 9.29. The number of benzene rings is 1. The zero-order valence-electron chi connectivity index (χ0n) is 8.45. The first-order valence-corrected chi connectivity index (χ1v) is 4.34. The molecule has 1 aromatic rings. The molecule has 0 radical (unpaired) electrons. The summed E-state index contributed by atoms with van der Waals surface area (Å²) in [6.45, 7) is 3.38. The summed E-state index contributed by atoms with van der Waals surface area (Å²) in [5, 5.41) is 2.68. The summed E-state index contributed by atoms with van der Waals surface area (Å²) in [4.78, 5) is 13.0. The molecule has 1 rings (SSSR count). The molecule has 0 bridgehead atoms. The Morgan fingerprint density at radius 3 is 2.36 bits per heavy atom. The van der Waals surface area contributed by atoms with Crippen LogP contribution in [0.5, 0.6) is 0 Å². The molecule has 0 aliphatic heterocycles. The average Bonchev–Trinajstić information content (AvgIpc) is 2.18. The van der Waals surface area contributed by atoms with Crippen molar-refractivity contribution < 1.29 is 4.79 Å². The molecule has 0 unspecified atom stereocenters. The highest BCUT2D eigenvalue weighted by atomic mass is 16.1. The predicted molar refractivity (Wildman–Crippen MR) is 59.6 cm³/mol. The van der Waals surface area contributed by atoms with E-state index in [0.29, 0.717) is 0 Å². The van der Waals surface area contributed by atoms with Crippen molar-refractivity contribution in [3.8, 4) is 0 Å². The Morgan fingerprint density at radius 2 is 1.93 bits per heavy atom. The minimum absolute atomic E-state index is 0.192. The van der Waals surface area contributed by atoms with Crippen LogP contribution >= 0.6 is 0 Å². The summed E-state index contributed by atoms with van der Waals surface area (Å²) in [7, 11) is 3.94. The molecule has 0 aliphatic carbocycles. The van der Waals surface area contributed by atoms with Crippen LogP contribution in [0.2, 0.25) is 0 Å². The second-order valence-electron chi connectivity index (χ2n) is 3.13. The van der Waals surface area contributed by atoms with Crippen molar-refractivity contribution in [1.29, 1.82) is 0 Å². The van der Waals surface area contributed by atoms with Crippen LogP contribution in [0.15, 0.2) is 36.9 Å². The van der Waals surface area contributed by atoms with Crippen LogP contribution in [0.4, 0.5) is 11.4 Å². The Balaban J connectivity index is 2.73. The van der Waals surface area contributed by atoms with Gasteiger partial charge in [0.15, 0.2) is 0 Å². The van der Waals surface area contributed by atoms with Crippen LogP contribution in [0.25, 0.3) is 0 Å². The lowest BCUT2D eigenvalue weighted by Crippen LogP contribution is -2.09. The van der Waals surface area contributed by atoms with Crippen LogP contribution in [-0.4, -0.2) is 20.0 Å². The maximum Gasteiger partial charge on any atom is 0.247 e. The van der Waals surface area contributed by atoms with Crippen LogP contribution in [0.1, 0.15) is 0 Å². The van der Waals surface area contributed by atoms with Gasteiger partial charge in [0.2, 0.25) is 5.91 Å². The van der Waals surface area contributed by atoms with Gasteiger partial charge in [-0.05, 0) is 30.3 Å². The predicted octanol–water partition coefficient (Wildman–Crippen LogP) is 1.88. The maximum absolute atomic E-state index is 11.0. The second kappa shape index (κ2) is 4.46. The summed E-state index contributed by atoms with van der Waals surface area (Å²) >= 11 is 0. The zero-order valence-corrected chi connectivity index (χ0v) is 8.45. The highest BCUT2D eigenvalue weighted by molar-refractivity contribution is 5.98. The van der Waals surface area contributed by atoms with Gasteiger partial charge in [0, 0.05) is 25.5 Å². The van der Waals surface area contributed by atoms with Crippen LogP contribution in [0, 0.1) is 0 Å². The van der Waals surface area contributed by atoms with E-state index in [1.54, 1.807) is 0 Å². The standard InChI is InChI=1S/C11H14N2O/c1-4-11(14)12-9-5-7-10(8-6-9)13(2)3/h4-8H,1H2,2-3H3,(H,12,14). The van der Waals surface area contributed by atoms with Gasteiger partial charge in [0.05, 0.1) is 0 Å². The van der Waals surface area contributed by atoms with E-state index < -0.39 is 0 Å². The lowest BCUT2D eigenvalue weighted by Gasteiger charge is -2.12. The summed E-state index contributed by atoms with van der Waals surface area (Å²) < 4.78 is 0.